The van der Waals surface area contributed by atoms with E-state index in [9.17, 15) is 4.79 Å². The van der Waals surface area contributed by atoms with Crippen LogP contribution < -0.4 is 19.3 Å². The number of nitrogens with zero attached hydrogens (tertiary/aromatic N) is 2. The molecule has 46 heavy (non-hydrogen) atoms. The third kappa shape index (κ3) is 11.4. The van der Waals surface area contributed by atoms with Crippen LogP contribution in [0.4, 0.5) is 11.4 Å². The van der Waals surface area contributed by atoms with E-state index in [1.807, 2.05) is 93.2 Å². The first kappa shape index (κ1) is 36.4. The third-order valence-corrected chi connectivity index (χ3v) is 8.64. The lowest BCUT2D eigenvalue weighted by Gasteiger charge is -2.22. The molecule has 2 aromatic heterocycles. The number of benzene rings is 2. The highest BCUT2D eigenvalue weighted by Crippen LogP contribution is 2.28. The van der Waals surface area contributed by atoms with Gasteiger partial charge in [-0.15, -0.1) is 22.7 Å². The van der Waals surface area contributed by atoms with Gasteiger partial charge in [0.25, 0.3) is 0 Å². The lowest BCUT2D eigenvalue weighted by atomic mass is 9.97. The predicted molar refractivity (Wildman–Crippen MR) is 197 cm³/mol. The molecule has 7 nitrogen and oxygen atoms in total. The molecule has 0 aliphatic rings. The molecule has 0 aliphatic carbocycles. The summed E-state index contributed by atoms with van der Waals surface area (Å²) in [5.41, 5.74) is 3.64. The van der Waals surface area contributed by atoms with Crippen LogP contribution in [0.3, 0.4) is 0 Å². The van der Waals surface area contributed by atoms with E-state index in [0.717, 1.165) is 34.0 Å². The van der Waals surface area contributed by atoms with Gasteiger partial charge in [0, 0.05) is 65.0 Å². The normalized spacial score (nSPS) is 11.3. The van der Waals surface area contributed by atoms with Crippen molar-refractivity contribution in [2.45, 2.75) is 20.8 Å². The van der Waals surface area contributed by atoms with Crippen molar-refractivity contribution >= 4 is 64.3 Å². The number of aliphatic hydroxyl groups excluding tert-OH is 1. The van der Waals surface area contributed by atoms with Crippen molar-refractivity contribution in [3.8, 4) is 11.5 Å². The Labute approximate surface area is 282 Å². The van der Waals surface area contributed by atoms with Crippen molar-refractivity contribution < 1.29 is 24.1 Å². The Morgan fingerprint density at radius 2 is 1.24 bits per heavy atom. The van der Waals surface area contributed by atoms with E-state index in [2.05, 4.69) is 47.2 Å². The molecule has 2 heterocycles. The summed E-state index contributed by atoms with van der Waals surface area (Å²) in [6.45, 7) is 7.28. The molecule has 1 N–H and O–H groups in total. The SMILES string of the molecule is COc1cc(N(C)CCO)ccc1/C=C/c1cccs1.COc1cc(N(C)CCOC(=O)C(C)(C)C)ccc1/C=C/c1cccs1. The maximum atomic E-state index is 11.8. The van der Waals surface area contributed by atoms with Crippen molar-refractivity contribution in [3.05, 3.63) is 92.3 Å². The van der Waals surface area contributed by atoms with Crippen LogP contribution in [0.2, 0.25) is 0 Å². The van der Waals surface area contributed by atoms with Crippen LogP contribution in [0.25, 0.3) is 24.3 Å². The molecule has 0 unspecified atom stereocenters. The van der Waals surface area contributed by atoms with E-state index in [-0.39, 0.29) is 12.6 Å². The van der Waals surface area contributed by atoms with Gasteiger partial charge >= 0.3 is 5.97 Å². The summed E-state index contributed by atoms with van der Waals surface area (Å²) < 4.78 is 16.3. The number of ether oxygens (including phenoxy) is 3. The molecule has 0 atom stereocenters. The second-order valence-electron chi connectivity index (χ2n) is 11.5. The van der Waals surface area contributed by atoms with Gasteiger partial charge in [0.2, 0.25) is 0 Å². The summed E-state index contributed by atoms with van der Waals surface area (Å²) in [6, 6.07) is 20.4. The minimum atomic E-state index is -0.474. The minimum absolute atomic E-state index is 0.138. The van der Waals surface area contributed by atoms with E-state index in [1.165, 1.54) is 9.75 Å². The second-order valence-corrected chi connectivity index (χ2v) is 13.5. The fourth-order valence-corrected chi connectivity index (χ4v) is 5.40. The lowest BCUT2D eigenvalue weighted by Crippen LogP contribution is -2.28. The molecular formula is C37H46N2O5S2. The second kappa shape index (κ2) is 18.2. The molecule has 4 aromatic rings. The first-order chi connectivity index (χ1) is 22.0. The standard InChI is InChI=1S/C21H27NO3S.C16H19NO2S/c1-21(2,3)20(23)25-13-12-22(4)17-10-8-16(19(15-17)24-5)9-11-18-7-6-14-26-18;1-17(9-10-18)14-7-5-13(16(12-14)19-2)6-8-15-4-3-11-20-15/h6-11,14-15H,12-13H2,1-5H3;3-8,11-12,18H,9-10H2,1-2H3/b11-9+;8-6+. The van der Waals surface area contributed by atoms with Crippen molar-refractivity contribution in [2.24, 2.45) is 5.41 Å². The quantitative estimate of drug-likeness (QED) is 0.144. The van der Waals surface area contributed by atoms with Gasteiger partial charge in [0.15, 0.2) is 0 Å². The van der Waals surface area contributed by atoms with Gasteiger partial charge in [-0.3, -0.25) is 4.79 Å². The van der Waals surface area contributed by atoms with Gasteiger partial charge < -0.3 is 29.1 Å². The lowest BCUT2D eigenvalue weighted by molar-refractivity contribution is -0.152. The highest BCUT2D eigenvalue weighted by Gasteiger charge is 2.22. The van der Waals surface area contributed by atoms with Gasteiger partial charge in [-0.05, 0) is 92.2 Å². The van der Waals surface area contributed by atoms with Gasteiger partial charge in [0.05, 0.1) is 32.8 Å². The number of hydrogen-bond donors (Lipinski definition) is 1. The number of hydrogen-bond acceptors (Lipinski definition) is 9. The van der Waals surface area contributed by atoms with Gasteiger partial charge in [0.1, 0.15) is 18.1 Å². The molecule has 0 bridgehead atoms. The summed E-state index contributed by atoms with van der Waals surface area (Å²) in [7, 11) is 7.27. The number of carbonyl (C=O) groups is 1. The van der Waals surface area contributed by atoms with E-state index in [4.69, 9.17) is 19.3 Å². The van der Waals surface area contributed by atoms with E-state index in [0.29, 0.717) is 19.7 Å². The summed E-state index contributed by atoms with van der Waals surface area (Å²) in [4.78, 5) is 18.3. The zero-order chi connectivity index (χ0) is 33.5. The molecule has 2 aromatic carbocycles. The van der Waals surface area contributed by atoms with Crippen LogP contribution in [0, 0.1) is 5.41 Å². The Balaban J connectivity index is 0.000000259. The molecule has 0 saturated heterocycles. The number of methoxy groups -OCH3 is 2. The summed E-state index contributed by atoms with van der Waals surface area (Å²) in [5, 5.41) is 13.1. The van der Waals surface area contributed by atoms with Crippen LogP contribution >= 0.6 is 22.7 Å². The fraction of sp³-hybridized carbons (Fsp3) is 0.324. The van der Waals surface area contributed by atoms with Crippen LogP contribution in [-0.4, -0.2) is 65.7 Å². The molecule has 0 saturated carbocycles. The monoisotopic (exact) mass is 662 g/mol. The molecule has 0 aliphatic heterocycles. The van der Waals surface area contributed by atoms with Gasteiger partial charge in [-0.2, -0.15) is 0 Å². The maximum absolute atomic E-state index is 11.8. The Hall–Kier alpha value is -4.05. The van der Waals surface area contributed by atoms with E-state index in [1.54, 1.807) is 36.9 Å². The molecule has 0 spiro atoms. The number of carbonyl (C=O) groups excluding carboxylic acids is 1. The Bertz CT molecular complexity index is 1540. The highest BCUT2D eigenvalue weighted by molar-refractivity contribution is 7.11. The van der Waals surface area contributed by atoms with E-state index < -0.39 is 5.41 Å². The van der Waals surface area contributed by atoms with Crippen LogP contribution in [0.1, 0.15) is 41.7 Å². The molecule has 4 rings (SSSR count). The Morgan fingerprint density at radius 1 is 0.761 bits per heavy atom. The average molecular weight is 663 g/mol. The largest absolute Gasteiger partial charge is 0.496 e. The average Bonchev–Trinajstić information content (AvgIpc) is 3.77. The highest BCUT2D eigenvalue weighted by atomic mass is 32.1. The Morgan fingerprint density at radius 3 is 1.63 bits per heavy atom. The topological polar surface area (TPSA) is 71.5 Å². The number of rotatable bonds is 13. The fourth-order valence-electron chi connectivity index (χ4n) is 4.17. The number of likely N-dealkylation sites (N-methyl/N-ethyl adjacent to an activating group) is 2. The van der Waals surface area contributed by atoms with Crippen molar-refractivity contribution in [3.63, 3.8) is 0 Å². The van der Waals surface area contributed by atoms with Gasteiger partial charge in [-0.1, -0.05) is 12.1 Å². The minimum Gasteiger partial charge on any atom is -0.496 e. The van der Waals surface area contributed by atoms with Gasteiger partial charge in [-0.25, -0.2) is 0 Å². The smallest absolute Gasteiger partial charge is 0.311 e. The van der Waals surface area contributed by atoms with Crippen molar-refractivity contribution in [2.75, 3.05) is 64.4 Å². The van der Waals surface area contributed by atoms with Crippen molar-refractivity contribution in [1.82, 2.24) is 0 Å². The first-order valence-electron chi connectivity index (χ1n) is 15.0. The Kier molecular flexibility index (Phi) is 14.4. The zero-order valence-corrected chi connectivity index (χ0v) is 29.5. The summed E-state index contributed by atoms with van der Waals surface area (Å²) in [5.74, 6) is 1.46. The predicted octanol–water partition coefficient (Wildman–Crippen LogP) is 8.31. The number of esters is 1. The molecular weight excluding hydrogens is 617 g/mol. The summed E-state index contributed by atoms with van der Waals surface area (Å²) in [6.07, 6.45) is 8.28. The van der Waals surface area contributed by atoms with E-state index >= 15 is 0 Å². The molecule has 0 amide bonds. The van der Waals surface area contributed by atoms with Crippen LogP contribution in [0.15, 0.2) is 71.4 Å². The maximum Gasteiger partial charge on any atom is 0.311 e. The van der Waals surface area contributed by atoms with Crippen LogP contribution in [0.5, 0.6) is 11.5 Å². The number of anilines is 2. The zero-order valence-electron chi connectivity index (χ0n) is 27.9. The summed E-state index contributed by atoms with van der Waals surface area (Å²) >= 11 is 3.41. The molecule has 0 radical (unpaired) electrons. The molecule has 246 valence electrons. The number of thiophene rings is 2. The third-order valence-electron chi connectivity index (χ3n) is 6.96. The molecule has 9 heteroatoms. The van der Waals surface area contributed by atoms with Crippen molar-refractivity contribution in [1.29, 1.82) is 0 Å². The first-order valence-corrected chi connectivity index (χ1v) is 16.8. The van der Waals surface area contributed by atoms with Crippen LogP contribution in [-0.2, 0) is 9.53 Å². The number of aliphatic hydroxyl groups is 1. The molecule has 0 fully saturated rings.